The maximum absolute atomic E-state index is 5.25. The minimum absolute atomic E-state index is 0.914. The third-order valence-electron chi connectivity index (χ3n) is 10.4. The molecule has 0 saturated carbocycles. The molecule has 0 bridgehead atoms. The largest absolute Gasteiger partial charge is 0.311 e. The van der Waals surface area contributed by atoms with Crippen molar-refractivity contribution in [3.63, 3.8) is 0 Å². The number of anilines is 3. The lowest BCUT2D eigenvalue weighted by Crippen LogP contribution is -2.10. The zero-order valence-corrected chi connectivity index (χ0v) is 29.5. The lowest BCUT2D eigenvalue weighted by atomic mass is 10.0. The molecule has 3 heteroatoms. The second-order valence-corrected chi connectivity index (χ2v) is 13.7. The molecular formula is C51H35N3. The van der Waals surface area contributed by atoms with Crippen LogP contribution >= 0.6 is 0 Å². The van der Waals surface area contributed by atoms with Crippen LogP contribution in [0, 0.1) is 0 Å². The fourth-order valence-electron chi connectivity index (χ4n) is 7.67. The topological polar surface area (TPSA) is 21.1 Å². The van der Waals surface area contributed by atoms with Crippen LogP contribution in [0.1, 0.15) is 0 Å². The molecule has 0 unspecified atom stereocenters. The molecule has 254 valence electrons. The van der Waals surface area contributed by atoms with Crippen LogP contribution in [0.3, 0.4) is 0 Å². The zero-order chi connectivity index (χ0) is 35.8. The van der Waals surface area contributed by atoms with E-state index in [0.717, 1.165) is 45.2 Å². The van der Waals surface area contributed by atoms with E-state index in [4.69, 9.17) is 4.98 Å². The van der Waals surface area contributed by atoms with E-state index in [9.17, 15) is 0 Å². The summed E-state index contributed by atoms with van der Waals surface area (Å²) < 4.78 is 2.30. The molecular weight excluding hydrogens is 655 g/mol. The lowest BCUT2D eigenvalue weighted by molar-refractivity contribution is 1.11. The summed E-state index contributed by atoms with van der Waals surface area (Å²) in [5.41, 5.74) is 12.2. The van der Waals surface area contributed by atoms with Gasteiger partial charge in [-0.25, -0.2) is 4.98 Å². The van der Waals surface area contributed by atoms with E-state index >= 15 is 0 Å². The second-order valence-electron chi connectivity index (χ2n) is 13.7. The highest BCUT2D eigenvalue weighted by molar-refractivity contribution is 6.06. The minimum Gasteiger partial charge on any atom is -0.311 e. The summed E-state index contributed by atoms with van der Waals surface area (Å²) in [6.45, 7) is 0. The van der Waals surface area contributed by atoms with Gasteiger partial charge >= 0.3 is 0 Å². The molecule has 0 saturated heterocycles. The number of rotatable bonds is 7. The molecule has 0 aliphatic carbocycles. The monoisotopic (exact) mass is 689 g/mol. The predicted octanol–water partition coefficient (Wildman–Crippen LogP) is 13.8. The molecule has 10 rings (SSSR count). The van der Waals surface area contributed by atoms with E-state index in [-0.39, 0.29) is 0 Å². The first-order valence-electron chi connectivity index (χ1n) is 18.4. The fourth-order valence-corrected chi connectivity index (χ4v) is 7.67. The minimum atomic E-state index is 0.914. The summed E-state index contributed by atoms with van der Waals surface area (Å²) in [5.74, 6) is 0.914. The number of para-hydroxylation sites is 1. The number of hydrogen-bond donors (Lipinski definition) is 0. The van der Waals surface area contributed by atoms with Gasteiger partial charge in [0.2, 0.25) is 0 Å². The van der Waals surface area contributed by atoms with E-state index < -0.39 is 0 Å². The number of nitrogens with zero attached hydrogens (tertiary/aromatic N) is 3. The van der Waals surface area contributed by atoms with Crippen molar-refractivity contribution in [2.75, 3.05) is 4.90 Å². The standard InChI is InChI=1S/C51H35N3/c1-3-11-36(12-4-1)38-21-28-45(29-22-38)53(46-30-23-39(24-31-46)43-20-19-37-13-7-8-15-42(37)35-43)47-32-25-41(26-33-47)51-52-49-34-27-40-14-9-10-18-48(40)50(49)54(51)44-16-5-2-6-17-44/h1-35H. The molecule has 9 aromatic carbocycles. The Balaban J connectivity index is 1.07. The van der Waals surface area contributed by atoms with Gasteiger partial charge in [0.15, 0.2) is 0 Å². The smallest absolute Gasteiger partial charge is 0.145 e. The Kier molecular flexibility index (Phi) is 7.81. The van der Waals surface area contributed by atoms with Crippen LogP contribution in [-0.2, 0) is 0 Å². The average Bonchev–Trinajstić information content (AvgIpc) is 3.65. The molecule has 0 radical (unpaired) electrons. The van der Waals surface area contributed by atoms with Crippen LogP contribution in [0.4, 0.5) is 17.1 Å². The van der Waals surface area contributed by atoms with Crippen LogP contribution in [0.25, 0.3) is 71.9 Å². The number of imidazole rings is 1. The Labute approximate surface area is 314 Å². The van der Waals surface area contributed by atoms with Gasteiger partial charge in [-0.1, -0.05) is 140 Å². The lowest BCUT2D eigenvalue weighted by Gasteiger charge is -2.26. The Morgan fingerprint density at radius 2 is 0.833 bits per heavy atom. The normalized spacial score (nSPS) is 11.3. The van der Waals surface area contributed by atoms with Gasteiger partial charge in [-0.05, 0) is 111 Å². The number of hydrogen-bond acceptors (Lipinski definition) is 2. The van der Waals surface area contributed by atoms with Crippen molar-refractivity contribution >= 4 is 49.6 Å². The van der Waals surface area contributed by atoms with Crippen LogP contribution in [-0.4, -0.2) is 9.55 Å². The van der Waals surface area contributed by atoms with Gasteiger partial charge in [0, 0.05) is 33.7 Å². The first-order valence-corrected chi connectivity index (χ1v) is 18.4. The highest BCUT2D eigenvalue weighted by atomic mass is 15.1. The predicted molar refractivity (Wildman–Crippen MR) is 227 cm³/mol. The van der Waals surface area contributed by atoms with Crippen molar-refractivity contribution in [2.45, 2.75) is 0 Å². The maximum Gasteiger partial charge on any atom is 0.145 e. The maximum atomic E-state index is 5.25. The molecule has 54 heavy (non-hydrogen) atoms. The van der Waals surface area contributed by atoms with Crippen LogP contribution in [0.2, 0.25) is 0 Å². The second kappa shape index (κ2) is 13.4. The summed E-state index contributed by atoms with van der Waals surface area (Å²) in [6.07, 6.45) is 0. The number of fused-ring (bicyclic) bond motifs is 4. The molecule has 0 aliphatic heterocycles. The summed E-state index contributed by atoms with van der Waals surface area (Å²) in [4.78, 5) is 7.58. The van der Waals surface area contributed by atoms with Crippen molar-refractivity contribution in [1.29, 1.82) is 0 Å². The highest BCUT2D eigenvalue weighted by Gasteiger charge is 2.19. The van der Waals surface area contributed by atoms with Gasteiger partial charge in [0.1, 0.15) is 5.82 Å². The Bertz CT molecular complexity index is 2890. The Morgan fingerprint density at radius 3 is 1.50 bits per heavy atom. The Hall–Kier alpha value is -7.23. The van der Waals surface area contributed by atoms with Crippen molar-refractivity contribution in [3.05, 3.63) is 212 Å². The molecule has 10 aromatic rings. The molecule has 3 nitrogen and oxygen atoms in total. The van der Waals surface area contributed by atoms with E-state index in [1.165, 1.54) is 43.8 Å². The van der Waals surface area contributed by atoms with Crippen molar-refractivity contribution < 1.29 is 0 Å². The number of benzene rings is 9. The summed E-state index contributed by atoms with van der Waals surface area (Å²) >= 11 is 0. The molecule has 0 aliphatic rings. The zero-order valence-electron chi connectivity index (χ0n) is 29.5. The van der Waals surface area contributed by atoms with Crippen LogP contribution in [0.5, 0.6) is 0 Å². The van der Waals surface area contributed by atoms with Gasteiger partial charge in [-0.2, -0.15) is 0 Å². The van der Waals surface area contributed by atoms with Gasteiger partial charge in [-0.15, -0.1) is 0 Å². The highest BCUT2D eigenvalue weighted by Crippen LogP contribution is 2.39. The van der Waals surface area contributed by atoms with Crippen LogP contribution in [0.15, 0.2) is 212 Å². The van der Waals surface area contributed by atoms with E-state index in [2.05, 4.69) is 222 Å². The Morgan fingerprint density at radius 1 is 0.352 bits per heavy atom. The molecule has 0 atom stereocenters. The van der Waals surface area contributed by atoms with E-state index in [1.54, 1.807) is 0 Å². The van der Waals surface area contributed by atoms with Gasteiger partial charge in [0.05, 0.1) is 11.0 Å². The van der Waals surface area contributed by atoms with Crippen molar-refractivity contribution in [3.8, 4) is 39.3 Å². The summed E-state index contributed by atoms with van der Waals surface area (Å²) in [7, 11) is 0. The van der Waals surface area contributed by atoms with Crippen LogP contribution < -0.4 is 4.90 Å². The quantitative estimate of drug-likeness (QED) is 0.166. The molecule has 0 amide bonds. The first kappa shape index (κ1) is 31.5. The summed E-state index contributed by atoms with van der Waals surface area (Å²) in [5, 5.41) is 4.88. The third kappa shape index (κ3) is 5.69. The molecule has 0 N–H and O–H groups in total. The third-order valence-corrected chi connectivity index (χ3v) is 10.4. The molecule has 0 fully saturated rings. The van der Waals surface area contributed by atoms with Crippen molar-refractivity contribution in [2.24, 2.45) is 0 Å². The van der Waals surface area contributed by atoms with E-state index in [0.29, 0.717) is 0 Å². The first-order chi connectivity index (χ1) is 26.8. The van der Waals surface area contributed by atoms with E-state index in [1.807, 2.05) is 0 Å². The van der Waals surface area contributed by atoms with Gasteiger partial charge in [0.25, 0.3) is 0 Å². The van der Waals surface area contributed by atoms with Gasteiger partial charge in [-0.3, -0.25) is 4.57 Å². The molecule has 0 spiro atoms. The van der Waals surface area contributed by atoms with Gasteiger partial charge < -0.3 is 4.90 Å². The average molecular weight is 690 g/mol. The number of aromatic nitrogens is 2. The SMILES string of the molecule is c1ccc(-c2ccc(N(c3ccc(-c4ccc5ccccc5c4)cc3)c3ccc(-c4nc5ccc6ccccc6c5n4-c4ccccc4)cc3)cc2)cc1. The summed E-state index contributed by atoms with van der Waals surface area (Å²) in [6, 6.07) is 75.7. The fraction of sp³-hybridized carbons (Fsp3) is 0. The molecule has 1 aromatic heterocycles. The van der Waals surface area contributed by atoms with Crippen molar-refractivity contribution in [1.82, 2.24) is 9.55 Å². The molecule has 1 heterocycles.